The smallest absolute Gasteiger partial charge is 0.393 e. The van der Waals surface area contributed by atoms with Gasteiger partial charge in [0.1, 0.15) is 12.9 Å². The Kier molecular flexibility index (Phi) is 4.18. The van der Waals surface area contributed by atoms with Crippen LogP contribution in [0.1, 0.15) is 25.5 Å². The zero-order chi connectivity index (χ0) is 11.2. The second-order valence-electron chi connectivity index (χ2n) is 3.81. The normalized spacial score (nSPS) is 15.3. The summed E-state index contributed by atoms with van der Waals surface area (Å²) in [5.74, 6) is 0. The van der Waals surface area contributed by atoms with E-state index in [1.807, 2.05) is 6.92 Å². The predicted octanol–water partition coefficient (Wildman–Crippen LogP) is 1.34. The van der Waals surface area contributed by atoms with E-state index in [2.05, 4.69) is 10.3 Å². The quantitative estimate of drug-likeness (QED) is 0.678. The topological polar surface area (TPSA) is 56.5 Å². The predicted molar refractivity (Wildman–Crippen MR) is 58.4 cm³/mol. The second-order valence-corrected chi connectivity index (χ2v) is 3.81. The van der Waals surface area contributed by atoms with Crippen molar-refractivity contribution >= 4 is 0 Å². The SMILES string of the molecule is CCOCCOc1nc(CNC2CC2)co1. The van der Waals surface area contributed by atoms with E-state index < -0.39 is 0 Å². The summed E-state index contributed by atoms with van der Waals surface area (Å²) in [7, 11) is 0. The lowest BCUT2D eigenvalue weighted by molar-refractivity contribution is 0.0965. The summed E-state index contributed by atoms with van der Waals surface area (Å²) in [5.41, 5.74) is 0.887. The maximum Gasteiger partial charge on any atom is 0.393 e. The van der Waals surface area contributed by atoms with E-state index in [1.54, 1.807) is 6.26 Å². The molecule has 0 spiro atoms. The van der Waals surface area contributed by atoms with Gasteiger partial charge in [-0.2, -0.15) is 4.98 Å². The number of rotatable bonds is 8. The summed E-state index contributed by atoms with van der Waals surface area (Å²) in [6.07, 6.45) is 4.50. The fourth-order valence-electron chi connectivity index (χ4n) is 1.30. The van der Waals surface area contributed by atoms with Crippen molar-refractivity contribution < 1.29 is 13.9 Å². The van der Waals surface area contributed by atoms with Crippen molar-refractivity contribution in [3.05, 3.63) is 12.0 Å². The van der Waals surface area contributed by atoms with Crippen LogP contribution in [0.4, 0.5) is 0 Å². The number of aromatic nitrogens is 1. The molecule has 5 nitrogen and oxygen atoms in total. The van der Waals surface area contributed by atoms with E-state index in [4.69, 9.17) is 13.9 Å². The first kappa shape index (κ1) is 11.4. The Morgan fingerprint density at radius 2 is 2.38 bits per heavy atom. The first-order valence-electron chi connectivity index (χ1n) is 5.77. The Bertz CT molecular complexity index is 310. The van der Waals surface area contributed by atoms with Gasteiger partial charge < -0.3 is 19.2 Å². The van der Waals surface area contributed by atoms with Crippen molar-refractivity contribution in [2.75, 3.05) is 19.8 Å². The van der Waals surface area contributed by atoms with Crippen LogP contribution in [0.25, 0.3) is 0 Å². The van der Waals surface area contributed by atoms with Crippen LogP contribution in [0.2, 0.25) is 0 Å². The molecule has 5 heteroatoms. The Morgan fingerprint density at radius 1 is 1.50 bits per heavy atom. The molecule has 1 aromatic rings. The van der Waals surface area contributed by atoms with Gasteiger partial charge in [0, 0.05) is 19.2 Å². The van der Waals surface area contributed by atoms with Crippen LogP contribution in [0.3, 0.4) is 0 Å². The zero-order valence-corrected chi connectivity index (χ0v) is 9.57. The number of ether oxygens (including phenoxy) is 2. The largest absolute Gasteiger partial charge is 0.448 e. The molecule has 1 aliphatic carbocycles. The lowest BCUT2D eigenvalue weighted by Gasteiger charge is -2.00. The number of nitrogens with zero attached hydrogens (tertiary/aromatic N) is 1. The summed E-state index contributed by atoms with van der Waals surface area (Å²) in [4.78, 5) is 4.20. The summed E-state index contributed by atoms with van der Waals surface area (Å²) >= 11 is 0. The van der Waals surface area contributed by atoms with Gasteiger partial charge >= 0.3 is 6.08 Å². The van der Waals surface area contributed by atoms with Gasteiger partial charge in [-0.1, -0.05) is 0 Å². The van der Waals surface area contributed by atoms with Gasteiger partial charge in [-0.25, -0.2) is 0 Å². The Labute approximate surface area is 95.1 Å². The molecule has 1 saturated carbocycles. The van der Waals surface area contributed by atoms with Gasteiger partial charge in [-0.05, 0) is 19.8 Å². The molecule has 0 unspecified atom stereocenters. The maximum atomic E-state index is 5.28. The summed E-state index contributed by atoms with van der Waals surface area (Å²) < 4.78 is 15.6. The van der Waals surface area contributed by atoms with Crippen LogP contribution in [0.15, 0.2) is 10.7 Å². The van der Waals surface area contributed by atoms with Gasteiger partial charge in [-0.15, -0.1) is 0 Å². The van der Waals surface area contributed by atoms with Crippen molar-refractivity contribution in [3.63, 3.8) is 0 Å². The van der Waals surface area contributed by atoms with Gasteiger partial charge in [0.15, 0.2) is 0 Å². The summed E-state index contributed by atoms with van der Waals surface area (Å²) in [5, 5.41) is 3.36. The van der Waals surface area contributed by atoms with Crippen LogP contribution >= 0.6 is 0 Å². The van der Waals surface area contributed by atoms with Crippen LogP contribution in [-0.2, 0) is 11.3 Å². The Hall–Kier alpha value is -1.07. The number of nitrogens with one attached hydrogen (secondary N) is 1. The molecule has 0 radical (unpaired) electrons. The van der Waals surface area contributed by atoms with Gasteiger partial charge in [0.2, 0.25) is 0 Å². The Morgan fingerprint density at radius 3 is 3.12 bits per heavy atom. The third-order valence-electron chi connectivity index (χ3n) is 2.34. The molecule has 1 heterocycles. The minimum atomic E-state index is 0.326. The maximum absolute atomic E-state index is 5.28. The molecule has 0 bridgehead atoms. The van der Waals surface area contributed by atoms with Crippen molar-refractivity contribution in [1.82, 2.24) is 10.3 Å². The number of oxazole rings is 1. The van der Waals surface area contributed by atoms with Gasteiger partial charge in [-0.3, -0.25) is 0 Å². The molecule has 0 amide bonds. The lowest BCUT2D eigenvalue weighted by Crippen LogP contribution is -2.15. The average molecular weight is 226 g/mol. The standard InChI is InChI=1S/C11H18N2O3/c1-2-14-5-6-15-11-13-10(8-16-11)7-12-9-3-4-9/h8-9,12H,2-7H2,1H3. The highest BCUT2D eigenvalue weighted by atomic mass is 16.6. The number of hydrogen-bond acceptors (Lipinski definition) is 5. The third-order valence-corrected chi connectivity index (χ3v) is 2.34. The minimum absolute atomic E-state index is 0.326. The highest BCUT2D eigenvalue weighted by molar-refractivity contribution is 5.00. The average Bonchev–Trinajstić information content (AvgIpc) is 3.02. The molecule has 1 aromatic heterocycles. The summed E-state index contributed by atoms with van der Waals surface area (Å²) in [6, 6.07) is 0.680. The molecule has 1 aliphatic rings. The molecule has 1 N–H and O–H groups in total. The van der Waals surface area contributed by atoms with E-state index in [9.17, 15) is 0 Å². The number of hydrogen-bond donors (Lipinski definition) is 1. The van der Waals surface area contributed by atoms with E-state index in [1.165, 1.54) is 12.8 Å². The van der Waals surface area contributed by atoms with E-state index >= 15 is 0 Å². The van der Waals surface area contributed by atoms with Crippen LogP contribution < -0.4 is 10.1 Å². The molecular weight excluding hydrogens is 208 g/mol. The monoisotopic (exact) mass is 226 g/mol. The van der Waals surface area contributed by atoms with Gasteiger partial charge in [0.25, 0.3) is 0 Å². The first-order valence-corrected chi connectivity index (χ1v) is 5.77. The zero-order valence-electron chi connectivity index (χ0n) is 9.57. The van der Waals surface area contributed by atoms with Crippen LogP contribution in [0.5, 0.6) is 6.08 Å². The molecule has 2 rings (SSSR count). The molecule has 16 heavy (non-hydrogen) atoms. The highest BCUT2D eigenvalue weighted by Gasteiger charge is 2.20. The van der Waals surface area contributed by atoms with Gasteiger partial charge in [0.05, 0.1) is 12.3 Å². The van der Waals surface area contributed by atoms with Crippen LogP contribution in [-0.4, -0.2) is 30.8 Å². The van der Waals surface area contributed by atoms with Crippen molar-refractivity contribution in [2.45, 2.75) is 32.4 Å². The minimum Gasteiger partial charge on any atom is -0.448 e. The van der Waals surface area contributed by atoms with E-state index in [-0.39, 0.29) is 0 Å². The summed E-state index contributed by atoms with van der Waals surface area (Å²) in [6.45, 7) is 4.44. The first-order chi connectivity index (χ1) is 7.88. The second kappa shape index (κ2) is 5.86. The molecule has 0 atom stereocenters. The molecule has 1 fully saturated rings. The lowest BCUT2D eigenvalue weighted by atomic mass is 10.5. The molecule has 0 saturated heterocycles. The van der Waals surface area contributed by atoms with Crippen molar-refractivity contribution in [2.24, 2.45) is 0 Å². The van der Waals surface area contributed by atoms with Crippen molar-refractivity contribution in [1.29, 1.82) is 0 Å². The van der Waals surface area contributed by atoms with E-state index in [0.717, 1.165) is 12.2 Å². The molecule has 90 valence electrons. The third kappa shape index (κ3) is 3.83. The fourth-order valence-corrected chi connectivity index (χ4v) is 1.30. The van der Waals surface area contributed by atoms with Crippen molar-refractivity contribution in [3.8, 4) is 6.08 Å². The molecule has 0 aromatic carbocycles. The molecular formula is C11H18N2O3. The molecule has 0 aliphatic heterocycles. The fraction of sp³-hybridized carbons (Fsp3) is 0.727. The Balaban J connectivity index is 1.64. The highest BCUT2D eigenvalue weighted by Crippen LogP contribution is 2.19. The van der Waals surface area contributed by atoms with E-state index in [0.29, 0.717) is 31.9 Å². The van der Waals surface area contributed by atoms with Crippen LogP contribution in [0, 0.1) is 0 Å².